The Kier molecular flexibility index (Phi) is 6.40. The van der Waals surface area contributed by atoms with E-state index in [9.17, 15) is 13.6 Å². The highest BCUT2D eigenvalue weighted by atomic mass is 19.3. The van der Waals surface area contributed by atoms with E-state index in [1.165, 1.54) is 7.11 Å². The molecule has 1 aliphatic carbocycles. The molecule has 2 nitrogen and oxygen atoms in total. The summed E-state index contributed by atoms with van der Waals surface area (Å²) in [6, 6.07) is 0. The third-order valence-electron chi connectivity index (χ3n) is 5.66. The molecule has 1 fully saturated rings. The SMILES string of the molecule is COC(=O)[C@@]1(CCC(F)F)CC(C)C(C)C[C@H](C(C)(C)C)C1. The average molecular weight is 318 g/mol. The van der Waals surface area contributed by atoms with Gasteiger partial charge in [-0.15, -0.1) is 0 Å². The van der Waals surface area contributed by atoms with Crippen LogP contribution in [-0.4, -0.2) is 19.5 Å². The molecule has 1 rings (SSSR count). The lowest BCUT2D eigenvalue weighted by molar-refractivity contribution is -0.156. The summed E-state index contributed by atoms with van der Waals surface area (Å²) in [4.78, 5) is 12.5. The number of ether oxygens (including phenoxy) is 1. The van der Waals surface area contributed by atoms with E-state index < -0.39 is 11.8 Å². The lowest BCUT2D eigenvalue weighted by Gasteiger charge is -2.38. The molecule has 1 saturated carbocycles. The second-order valence-corrected chi connectivity index (χ2v) is 8.36. The van der Waals surface area contributed by atoms with Crippen LogP contribution >= 0.6 is 0 Å². The van der Waals surface area contributed by atoms with Gasteiger partial charge in [-0.2, -0.15) is 0 Å². The zero-order valence-electron chi connectivity index (χ0n) is 14.9. The van der Waals surface area contributed by atoms with Gasteiger partial charge >= 0.3 is 5.97 Å². The fourth-order valence-electron chi connectivity index (χ4n) is 3.87. The Morgan fingerprint density at radius 2 is 1.82 bits per heavy atom. The van der Waals surface area contributed by atoms with Crippen LogP contribution in [0.2, 0.25) is 0 Å². The largest absolute Gasteiger partial charge is 0.469 e. The van der Waals surface area contributed by atoms with Crippen molar-refractivity contribution in [2.24, 2.45) is 28.6 Å². The lowest BCUT2D eigenvalue weighted by Crippen LogP contribution is -2.37. The first-order chi connectivity index (χ1) is 10.0. The number of carbonyl (C=O) groups is 1. The van der Waals surface area contributed by atoms with E-state index in [4.69, 9.17) is 4.74 Å². The monoisotopic (exact) mass is 318 g/mol. The Labute approximate surface area is 134 Å². The average Bonchev–Trinajstić information content (AvgIpc) is 2.53. The van der Waals surface area contributed by atoms with Crippen molar-refractivity contribution in [3.8, 4) is 0 Å². The number of hydrogen-bond acceptors (Lipinski definition) is 2. The molecular weight excluding hydrogens is 286 g/mol. The fourth-order valence-corrected chi connectivity index (χ4v) is 3.87. The van der Waals surface area contributed by atoms with Crippen LogP contribution in [0.25, 0.3) is 0 Å². The minimum Gasteiger partial charge on any atom is -0.469 e. The van der Waals surface area contributed by atoms with Crippen LogP contribution in [0, 0.1) is 28.6 Å². The van der Waals surface area contributed by atoms with E-state index in [1.807, 2.05) is 0 Å². The number of esters is 1. The molecule has 1 aliphatic rings. The van der Waals surface area contributed by atoms with Crippen LogP contribution in [0.5, 0.6) is 0 Å². The molecule has 0 radical (unpaired) electrons. The molecule has 0 spiro atoms. The minimum atomic E-state index is -2.37. The van der Waals surface area contributed by atoms with Crippen LogP contribution < -0.4 is 0 Å². The second-order valence-electron chi connectivity index (χ2n) is 8.36. The number of rotatable bonds is 4. The van der Waals surface area contributed by atoms with Gasteiger partial charge in [-0.05, 0) is 48.9 Å². The van der Waals surface area contributed by atoms with Crippen molar-refractivity contribution in [3.63, 3.8) is 0 Å². The topological polar surface area (TPSA) is 26.3 Å². The van der Waals surface area contributed by atoms with Crippen LogP contribution in [0.1, 0.15) is 66.7 Å². The summed E-state index contributed by atoms with van der Waals surface area (Å²) in [6.07, 6.45) is -0.0257. The van der Waals surface area contributed by atoms with Gasteiger partial charge in [0.1, 0.15) is 0 Å². The first kappa shape index (κ1) is 19.4. The smallest absolute Gasteiger partial charge is 0.311 e. The summed E-state index contributed by atoms with van der Waals surface area (Å²) in [7, 11) is 1.37. The van der Waals surface area contributed by atoms with Crippen molar-refractivity contribution in [2.45, 2.75) is 73.1 Å². The van der Waals surface area contributed by atoms with Crippen LogP contribution in [-0.2, 0) is 9.53 Å². The molecule has 0 bridgehead atoms. The van der Waals surface area contributed by atoms with Gasteiger partial charge in [-0.1, -0.05) is 34.6 Å². The molecule has 0 amide bonds. The van der Waals surface area contributed by atoms with Gasteiger partial charge in [0.2, 0.25) is 6.43 Å². The van der Waals surface area contributed by atoms with E-state index in [2.05, 4.69) is 34.6 Å². The molecule has 4 atom stereocenters. The van der Waals surface area contributed by atoms with Crippen molar-refractivity contribution in [3.05, 3.63) is 0 Å². The lowest BCUT2D eigenvalue weighted by atomic mass is 9.67. The predicted molar refractivity (Wildman–Crippen MR) is 84.8 cm³/mol. The van der Waals surface area contributed by atoms with Gasteiger partial charge < -0.3 is 4.74 Å². The predicted octanol–water partition coefficient (Wildman–Crippen LogP) is 5.31. The number of carbonyl (C=O) groups excluding carboxylic acids is 1. The zero-order chi connectivity index (χ0) is 17.1. The van der Waals surface area contributed by atoms with E-state index >= 15 is 0 Å². The number of halogens is 2. The molecule has 4 heteroatoms. The van der Waals surface area contributed by atoms with E-state index in [-0.39, 0.29) is 24.2 Å². The molecule has 0 aromatic rings. The van der Waals surface area contributed by atoms with Gasteiger partial charge in [0.05, 0.1) is 12.5 Å². The Hall–Kier alpha value is -0.670. The first-order valence-electron chi connectivity index (χ1n) is 8.38. The molecule has 0 saturated heterocycles. The van der Waals surface area contributed by atoms with Crippen LogP contribution in [0.3, 0.4) is 0 Å². The van der Waals surface area contributed by atoms with Gasteiger partial charge in [0, 0.05) is 6.42 Å². The van der Waals surface area contributed by atoms with Gasteiger partial charge in [-0.25, -0.2) is 8.78 Å². The Morgan fingerprint density at radius 1 is 1.23 bits per heavy atom. The van der Waals surface area contributed by atoms with Crippen LogP contribution in [0.4, 0.5) is 8.78 Å². The Balaban J connectivity index is 3.16. The number of hydrogen-bond donors (Lipinski definition) is 0. The summed E-state index contributed by atoms with van der Waals surface area (Å²) in [6.45, 7) is 10.9. The summed E-state index contributed by atoms with van der Waals surface area (Å²) >= 11 is 0. The second kappa shape index (κ2) is 7.27. The molecule has 130 valence electrons. The molecule has 0 heterocycles. The van der Waals surface area contributed by atoms with Gasteiger partial charge in [0.25, 0.3) is 0 Å². The van der Waals surface area contributed by atoms with Crippen molar-refractivity contribution in [2.75, 3.05) is 7.11 Å². The molecule has 0 aromatic heterocycles. The number of methoxy groups -OCH3 is 1. The quantitative estimate of drug-likeness (QED) is 0.518. The Morgan fingerprint density at radius 3 is 2.27 bits per heavy atom. The fraction of sp³-hybridized carbons (Fsp3) is 0.944. The third-order valence-corrected chi connectivity index (χ3v) is 5.66. The highest BCUT2D eigenvalue weighted by Crippen LogP contribution is 2.51. The molecule has 0 aliphatic heterocycles. The maximum Gasteiger partial charge on any atom is 0.311 e. The molecule has 2 unspecified atom stereocenters. The highest BCUT2D eigenvalue weighted by molar-refractivity contribution is 5.76. The van der Waals surface area contributed by atoms with Crippen molar-refractivity contribution >= 4 is 5.97 Å². The van der Waals surface area contributed by atoms with Crippen molar-refractivity contribution in [1.29, 1.82) is 0 Å². The summed E-state index contributed by atoms with van der Waals surface area (Å²) in [5.74, 6) is 0.860. The van der Waals surface area contributed by atoms with E-state index in [1.54, 1.807) is 0 Å². The van der Waals surface area contributed by atoms with Crippen molar-refractivity contribution in [1.82, 2.24) is 0 Å². The normalized spacial score (nSPS) is 33.6. The maximum absolute atomic E-state index is 12.8. The molecule has 22 heavy (non-hydrogen) atoms. The summed E-state index contributed by atoms with van der Waals surface area (Å²) < 4.78 is 30.6. The summed E-state index contributed by atoms with van der Waals surface area (Å²) in [5.41, 5.74) is -0.699. The van der Waals surface area contributed by atoms with Gasteiger partial charge in [-0.3, -0.25) is 4.79 Å². The molecule has 0 N–H and O–H groups in total. The first-order valence-corrected chi connectivity index (χ1v) is 8.38. The standard InChI is InChI=1S/C18H32F2O2/c1-12-9-14(17(3,4)5)11-18(10-13(12)2,16(21)22-6)8-7-15(19)20/h12-15H,7-11H2,1-6H3/t12?,13?,14-,18-/m0/s1. The molecular formula is C18H32F2O2. The summed E-state index contributed by atoms with van der Waals surface area (Å²) in [5, 5.41) is 0. The van der Waals surface area contributed by atoms with E-state index in [0.717, 1.165) is 6.42 Å². The zero-order valence-corrected chi connectivity index (χ0v) is 14.9. The Bertz CT molecular complexity index is 376. The third kappa shape index (κ3) is 4.66. The highest BCUT2D eigenvalue weighted by Gasteiger charge is 2.47. The number of alkyl halides is 2. The minimum absolute atomic E-state index is 0.0580. The van der Waals surface area contributed by atoms with E-state index in [0.29, 0.717) is 30.6 Å². The van der Waals surface area contributed by atoms with Gasteiger partial charge in [0.15, 0.2) is 0 Å². The van der Waals surface area contributed by atoms with Crippen molar-refractivity contribution < 1.29 is 18.3 Å². The van der Waals surface area contributed by atoms with Crippen LogP contribution in [0.15, 0.2) is 0 Å². The maximum atomic E-state index is 12.8. The molecule has 0 aromatic carbocycles.